The Bertz CT molecular complexity index is 434. The van der Waals surface area contributed by atoms with Gasteiger partial charge in [0.1, 0.15) is 5.82 Å². The Hall–Kier alpha value is -1.49. The minimum Gasteiger partial charge on any atom is -0.332 e. The van der Waals surface area contributed by atoms with Gasteiger partial charge in [0.25, 0.3) is 0 Å². The number of benzene rings is 1. The van der Waals surface area contributed by atoms with E-state index >= 15 is 0 Å². The van der Waals surface area contributed by atoms with E-state index in [0.717, 1.165) is 12.8 Å². The second-order valence-electron chi connectivity index (χ2n) is 4.67. The van der Waals surface area contributed by atoms with Crippen LogP contribution in [0.3, 0.4) is 0 Å². The van der Waals surface area contributed by atoms with Gasteiger partial charge in [-0.05, 0) is 42.9 Å². The van der Waals surface area contributed by atoms with Crippen LogP contribution in [0.5, 0.6) is 0 Å². The van der Waals surface area contributed by atoms with Crippen LogP contribution in [-0.4, -0.2) is 11.0 Å². The molecule has 5 heteroatoms. The third-order valence-corrected chi connectivity index (χ3v) is 3.07. The van der Waals surface area contributed by atoms with E-state index in [1.807, 2.05) is 0 Å². The summed E-state index contributed by atoms with van der Waals surface area (Å²) in [7, 11) is 0. The Morgan fingerprint density at radius 1 is 1.15 bits per heavy atom. The van der Waals surface area contributed by atoms with Crippen molar-refractivity contribution in [3.05, 3.63) is 30.1 Å². The molecule has 1 aromatic rings. The first kappa shape index (κ1) is 16.6. The number of amides is 1. The van der Waals surface area contributed by atoms with Crippen molar-refractivity contribution in [2.75, 3.05) is 5.32 Å². The Balaban J connectivity index is 2.21. The summed E-state index contributed by atoms with van der Waals surface area (Å²) in [5, 5.41) is 5.71. The second-order valence-corrected chi connectivity index (χ2v) is 5.08. The topological polar surface area (TPSA) is 41.1 Å². The van der Waals surface area contributed by atoms with Gasteiger partial charge in [-0.15, -0.1) is 0 Å². The molecule has 0 spiro atoms. The maximum atomic E-state index is 12.7. The van der Waals surface area contributed by atoms with E-state index in [-0.39, 0.29) is 16.8 Å². The molecule has 0 atom stereocenters. The van der Waals surface area contributed by atoms with Gasteiger partial charge in [-0.25, -0.2) is 4.39 Å². The zero-order valence-electron chi connectivity index (χ0n) is 11.7. The molecule has 110 valence electrons. The van der Waals surface area contributed by atoms with Gasteiger partial charge in [0.2, 0.25) is 5.91 Å². The molecule has 1 aromatic carbocycles. The summed E-state index contributed by atoms with van der Waals surface area (Å²) in [6, 6.07) is 5.80. The van der Waals surface area contributed by atoms with Gasteiger partial charge in [0, 0.05) is 12.1 Å². The fraction of sp³-hybridized carbons (Fsp3) is 0.467. The highest BCUT2D eigenvalue weighted by Gasteiger charge is 2.04. The molecule has 2 N–H and O–H groups in total. The zero-order valence-corrected chi connectivity index (χ0v) is 12.6. The van der Waals surface area contributed by atoms with Crippen molar-refractivity contribution in [3.8, 4) is 0 Å². The van der Waals surface area contributed by atoms with Crippen LogP contribution in [-0.2, 0) is 4.79 Å². The van der Waals surface area contributed by atoms with Crippen molar-refractivity contribution >= 4 is 28.9 Å². The molecule has 1 rings (SSSR count). The quantitative estimate of drug-likeness (QED) is 0.590. The van der Waals surface area contributed by atoms with Crippen molar-refractivity contribution in [2.24, 2.45) is 0 Å². The molecule has 3 nitrogen and oxygen atoms in total. The van der Waals surface area contributed by atoms with Crippen molar-refractivity contribution in [3.63, 3.8) is 0 Å². The number of halogens is 1. The van der Waals surface area contributed by atoms with Gasteiger partial charge in [-0.3, -0.25) is 4.79 Å². The van der Waals surface area contributed by atoms with Crippen molar-refractivity contribution in [1.82, 2.24) is 5.32 Å². The van der Waals surface area contributed by atoms with Crippen molar-refractivity contribution < 1.29 is 9.18 Å². The molecule has 0 heterocycles. The predicted molar refractivity (Wildman–Crippen MR) is 84.1 cm³/mol. The van der Waals surface area contributed by atoms with Gasteiger partial charge < -0.3 is 10.6 Å². The maximum Gasteiger partial charge on any atom is 0.226 e. The van der Waals surface area contributed by atoms with Crippen LogP contribution >= 0.6 is 12.2 Å². The molecular weight excluding hydrogens is 275 g/mol. The first-order valence-corrected chi connectivity index (χ1v) is 7.39. The van der Waals surface area contributed by atoms with E-state index in [1.54, 1.807) is 12.1 Å². The molecule has 0 saturated heterocycles. The molecule has 0 radical (unpaired) electrons. The number of nitrogens with one attached hydrogen (secondary N) is 2. The Labute approximate surface area is 125 Å². The molecule has 1 amide bonds. The van der Waals surface area contributed by atoms with E-state index in [0.29, 0.717) is 12.1 Å². The average molecular weight is 296 g/mol. The SMILES string of the molecule is CCCCCCCC(=O)NC(=S)Nc1ccc(F)cc1. The number of hydrogen-bond donors (Lipinski definition) is 2. The van der Waals surface area contributed by atoms with E-state index in [4.69, 9.17) is 12.2 Å². The van der Waals surface area contributed by atoms with E-state index < -0.39 is 0 Å². The number of unbranched alkanes of at least 4 members (excludes halogenated alkanes) is 4. The standard InChI is InChI=1S/C15H21FN2OS/c1-2-3-4-5-6-7-14(19)18-15(20)17-13-10-8-12(16)9-11-13/h8-11H,2-7H2,1H3,(H2,17,18,19,20). The monoisotopic (exact) mass is 296 g/mol. The van der Waals surface area contributed by atoms with Crippen LogP contribution in [0.4, 0.5) is 10.1 Å². The van der Waals surface area contributed by atoms with Gasteiger partial charge in [-0.2, -0.15) is 0 Å². The van der Waals surface area contributed by atoms with Crippen LogP contribution in [0.25, 0.3) is 0 Å². The highest BCUT2D eigenvalue weighted by atomic mass is 32.1. The maximum absolute atomic E-state index is 12.7. The fourth-order valence-corrected chi connectivity index (χ4v) is 2.01. The summed E-state index contributed by atoms with van der Waals surface area (Å²) in [6.45, 7) is 2.16. The third kappa shape index (κ3) is 7.19. The molecule has 0 unspecified atom stereocenters. The van der Waals surface area contributed by atoms with Crippen LogP contribution in [0.2, 0.25) is 0 Å². The molecule has 0 bridgehead atoms. The number of anilines is 1. The molecular formula is C15H21FN2OS. The second kappa shape index (κ2) is 9.42. The predicted octanol–water partition coefficient (Wildman–Crippen LogP) is 4.00. The van der Waals surface area contributed by atoms with Gasteiger partial charge in [0.05, 0.1) is 0 Å². The average Bonchev–Trinajstić information content (AvgIpc) is 2.41. The van der Waals surface area contributed by atoms with Crippen molar-refractivity contribution in [1.29, 1.82) is 0 Å². The normalized spacial score (nSPS) is 10.1. The summed E-state index contributed by atoms with van der Waals surface area (Å²) in [6.07, 6.45) is 6.01. The summed E-state index contributed by atoms with van der Waals surface area (Å²) in [5.41, 5.74) is 0.652. The van der Waals surface area contributed by atoms with Crippen molar-refractivity contribution in [2.45, 2.75) is 45.4 Å². The lowest BCUT2D eigenvalue weighted by atomic mass is 10.1. The first-order chi connectivity index (χ1) is 9.61. The summed E-state index contributed by atoms with van der Waals surface area (Å²) < 4.78 is 12.7. The molecule has 0 aromatic heterocycles. The highest BCUT2D eigenvalue weighted by molar-refractivity contribution is 7.80. The van der Waals surface area contributed by atoms with Gasteiger partial charge >= 0.3 is 0 Å². The molecule has 0 fully saturated rings. The number of carbonyl (C=O) groups excluding carboxylic acids is 1. The van der Waals surface area contributed by atoms with E-state index in [9.17, 15) is 9.18 Å². The molecule has 20 heavy (non-hydrogen) atoms. The van der Waals surface area contributed by atoms with Crippen LogP contribution in [0.15, 0.2) is 24.3 Å². The number of hydrogen-bond acceptors (Lipinski definition) is 2. The molecule has 0 aliphatic heterocycles. The molecule has 0 aliphatic rings. The van der Waals surface area contributed by atoms with Crippen LogP contribution in [0.1, 0.15) is 45.4 Å². The number of rotatable bonds is 7. The Morgan fingerprint density at radius 3 is 2.45 bits per heavy atom. The Kier molecular flexibility index (Phi) is 7.80. The summed E-state index contributed by atoms with van der Waals surface area (Å²) in [5.74, 6) is -0.390. The lowest BCUT2D eigenvalue weighted by Crippen LogP contribution is -2.33. The molecule has 0 aliphatic carbocycles. The van der Waals surface area contributed by atoms with Crippen LogP contribution in [0, 0.1) is 5.82 Å². The highest BCUT2D eigenvalue weighted by Crippen LogP contribution is 2.08. The lowest BCUT2D eigenvalue weighted by Gasteiger charge is -2.09. The summed E-state index contributed by atoms with van der Waals surface area (Å²) >= 11 is 5.03. The van der Waals surface area contributed by atoms with E-state index in [1.165, 1.54) is 31.4 Å². The van der Waals surface area contributed by atoms with Gasteiger partial charge in [0.15, 0.2) is 5.11 Å². The number of carbonyl (C=O) groups is 1. The first-order valence-electron chi connectivity index (χ1n) is 6.98. The molecule has 0 saturated carbocycles. The smallest absolute Gasteiger partial charge is 0.226 e. The van der Waals surface area contributed by atoms with Crippen LogP contribution < -0.4 is 10.6 Å². The number of thiocarbonyl (C=S) groups is 1. The van der Waals surface area contributed by atoms with Gasteiger partial charge in [-0.1, -0.05) is 32.6 Å². The summed E-state index contributed by atoms with van der Waals surface area (Å²) in [4.78, 5) is 11.6. The largest absolute Gasteiger partial charge is 0.332 e. The minimum atomic E-state index is -0.308. The van der Waals surface area contributed by atoms with E-state index in [2.05, 4.69) is 17.6 Å². The Morgan fingerprint density at radius 2 is 1.80 bits per heavy atom. The zero-order chi connectivity index (χ0) is 14.8. The fourth-order valence-electron chi connectivity index (χ4n) is 1.77. The lowest BCUT2D eigenvalue weighted by molar-refractivity contribution is -0.119. The minimum absolute atomic E-state index is 0.0823. The third-order valence-electron chi connectivity index (χ3n) is 2.86.